The van der Waals surface area contributed by atoms with Crippen LogP contribution in [-0.4, -0.2) is 35.3 Å². The third kappa shape index (κ3) is 7.78. The first kappa shape index (κ1) is 14.9. The molecule has 0 saturated carbocycles. The van der Waals surface area contributed by atoms with Gasteiger partial charge in [-0.25, -0.2) is 9.78 Å². The van der Waals surface area contributed by atoms with Crippen molar-refractivity contribution in [1.29, 1.82) is 0 Å². The maximum absolute atomic E-state index is 9.67. The Bertz CT molecular complexity index is 347. The number of ether oxygens (including phenoxy) is 2. The van der Waals surface area contributed by atoms with Crippen LogP contribution in [0.4, 0.5) is 0 Å². The van der Waals surface area contributed by atoms with Crippen LogP contribution in [0, 0.1) is 0 Å². The van der Waals surface area contributed by atoms with Crippen molar-refractivity contribution in [3.8, 4) is 11.9 Å². The maximum Gasteiger partial charge on any atom is 0.327 e. The van der Waals surface area contributed by atoms with Gasteiger partial charge < -0.3 is 14.6 Å². The molecule has 1 aromatic rings. The third-order valence-electron chi connectivity index (χ3n) is 1.50. The average molecular weight is 240 g/mol. The van der Waals surface area contributed by atoms with Gasteiger partial charge in [0.15, 0.2) is 0 Å². The fraction of sp³-hybridized carbons (Fsp3) is 0.364. The molecule has 0 aliphatic rings. The van der Waals surface area contributed by atoms with Crippen molar-refractivity contribution in [3.05, 3.63) is 24.4 Å². The third-order valence-corrected chi connectivity index (χ3v) is 1.50. The summed E-state index contributed by atoms with van der Waals surface area (Å²) in [5, 5.41) is 7.96. The van der Waals surface area contributed by atoms with Gasteiger partial charge in [-0.2, -0.15) is 4.98 Å². The molecule has 6 nitrogen and oxygen atoms in total. The topological polar surface area (TPSA) is 81.5 Å². The van der Waals surface area contributed by atoms with Crippen LogP contribution in [0.15, 0.2) is 24.4 Å². The van der Waals surface area contributed by atoms with E-state index in [1.54, 1.807) is 25.4 Å². The lowest BCUT2D eigenvalue weighted by molar-refractivity contribution is -0.131. The number of carboxylic acid groups (broad SMARTS) is 1. The minimum absolute atomic E-state index is 0.319. The van der Waals surface area contributed by atoms with Crippen LogP contribution in [0.5, 0.6) is 11.9 Å². The molecule has 0 aliphatic heterocycles. The molecule has 1 rings (SSSR count). The standard InChI is InChI=1S/C6H8N2O2.C5H8O2/c1-9-5-3-4-7-6(8-5)10-2;1-2-3-4-5(6)7/h3-4H,1-2H3;3-4H,2H2,1H3,(H,6,7). The highest BCUT2D eigenvalue weighted by atomic mass is 16.5. The van der Waals surface area contributed by atoms with E-state index in [4.69, 9.17) is 14.6 Å². The summed E-state index contributed by atoms with van der Waals surface area (Å²) >= 11 is 0. The van der Waals surface area contributed by atoms with Crippen LogP contribution < -0.4 is 9.47 Å². The van der Waals surface area contributed by atoms with Crippen molar-refractivity contribution in [2.75, 3.05) is 14.2 Å². The number of carboxylic acids is 1. The number of aliphatic carboxylic acids is 1. The number of hydrogen-bond acceptors (Lipinski definition) is 5. The molecule has 94 valence electrons. The predicted molar refractivity (Wildman–Crippen MR) is 62.2 cm³/mol. The van der Waals surface area contributed by atoms with E-state index < -0.39 is 5.97 Å². The van der Waals surface area contributed by atoms with E-state index in [9.17, 15) is 4.79 Å². The van der Waals surface area contributed by atoms with Crippen molar-refractivity contribution >= 4 is 5.97 Å². The molecule has 6 heteroatoms. The summed E-state index contributed by atoms with van der Waals surface area (Å²) in [6.07, 6.45) is 5.10. The minimum atomic E-state index is -0.873. The molecule has 0 aliphatic carbocycles. The first-order valence-corrected chi connectivity index (χ1v) is 4.94. The molecule has 0 fully saturated rings. The Hall–Kier alpha value is -2.11. The van der Waals surface area contributed by atoms with Gasteiger partial charge in [0.2, 0.25) is 5.88 Å². The van der Waals surface area contributed by atoms with Gasteiger partial charge in [-0.05, 0) is 6.42 Å². The predicted octanol–water partition coefficient (Wildman–Crippen LogP) is 1.53. The van der Waals surface area contributed by atoms with Crippen molar-refractivity contribution in [2.24, 2.45) is 0 Å². The van der Waals surface area contributed by atoms with Crippen LogP contribution in [0.25, 0.3) is 0 Å². The van der Waals surface area contributed by atoms with Crippen LogP contribution in [-0.2, 0) is 4.79 Å². The Balaban J connectivity index is 0.000000325. The monoisotopic (exact) mass is 240 g/mol. The van der Waals surface area contributed by atoms with E-state index >= 15 is 0 Å². The summed E-state index contributed by atoms with van der Waals surface area (Å²) in [4.78, 5) is 17.3. The zero-order valence-corrected chi connectivity index (χ0v) is 10.1. The Morgan fingerprint density at radius 1 is 1.47 bits per heavy atom. The first-order chi connectivity index (χ1) is 8.13. The van der Waals surface area contributed by atoms with Crippen LogP contribution in [0.2, 0.25) is 0 Å². The molecule has 0 radical (unpaired) electrons. The summed E-state index contributed by atoms with van der Waals surface area (Å²) < 4.78 is 9.58. The highest BCUT2D eigenvalue weighted by molar-refractivity contribution is 5.79. The largest absolute Gasteiger partial charge is 0.481 e. The first-order valence-electron chi connectivity index (χ1n) is 4.94. The van der Waals surface area contributed by atoms with E-state index in [-0.39, 0.29) is 0 Å². The average Bonchev–Trinajstić information content (AvgIpc) is 2.37. The number of rotatable bonds is 4. The van der Waals surface area contributed by atoms with Crippen molar-refractivity contribution in [1.82, 2.24) is 9.97 Å². The Morgan fingerprint density at radius 2 is 2.18 bits per heavy atom. The zero-order chi connectivity index (χ0) is 13.1. The SMILES string of the molecule is CCC=CC(=O)O.COc1ccnc(OC)n1. The van der Waals surface area contributed by atoms with Gasteiger partial charge in [0.05, 0.1) is 14.2 Å². The van der Waals surface area contributed by atoms with E-state index in [0.717, 1.165) is 12.5 Å². The molecule has 0 bridgehead atoms. The van der Waals surface area contributed by atoms with Crippen molar-refractivity contribution in [2.45, 2.75) is 13.3 Å². The second-order valence-electron chi connectivity index (χ2n) is 2.73. The molecular weight excluding hydrogens is 224 g/mol. The molecule has 0 aromatic carbocycles. The molecule has 0 unspecified atom stereocenters. The summed E-state index contributed by atoms with van der Waals surface area (Å²) in [5.41, 5.74) is 0. The lowest BCUT2D eigenvalue weighted by Crippen LogP contribution is -1.93. The van der Waals surface area contributed by atoms with Gasteiger partial charge >= 0.3 is 12.0 Å². The van der Waals surface area contributed by atoms with Gasteiger partial charge in [-0.15, -0.1) is 0 Å². The highest BCUT2D eigenvalue weighted by Gasteiger charge is 1.95. The lowest BCUT2D eigenvalue weighted by atomic mass is 10.4. The molecule has 1 N–H and O–H groups in total. The van der Waals surface area contributed by atoms with Crippen LogP contribution >= 0.6 is 0 Å². The second kappa shape index (κ2) is 9.14. The molecule has 0 atom stereocenters. The summed E-state index contributed by atoms with van der Waals surface area (Å²) in [5.74, 6) is -0.367. The Labute approximate surface area is 99.9 Å². The van der Waals surface area contributed by atoms with E-state index in [2.05, 4.69) is 9.97 Å². The fourth-order valence-corrected chi connectivity index (χ4v) is 0.756. The molecule has 1 aromatic heterocycles. The molecule has 0 saturated heterocycles. The normalized spacial score (nSPS) is 9.35. The van der Waals surface area contributed by atoms with Gasteiger partial charge in [-0.1, -0.05) is 13.0 Å². The Morgan fingerprint density at radius 3 is 2.59 bits per heavy atom. The number of hydrogen-bond donors (Lipinski definition) is 1. The van der Waals surface area contributed by atoms with E-state index in [1.807, 2.05) is 6.92 Å². The van der Waals surface area contributed by atoms with Crippen LogP contribution in [0.1, 0.15) is 13.3 Å². The van der Waals surface area contributed by atoms with Crippen molar-refractivity contribution in [3.63, 3.8) is 0 Å². The summed E-state index contributed by atoms with van der Waals surface area (Å²) in [7, 11) is 3.05. The zero-order valence-electron chi connectivity index (χ0n) is 10.1. The summed E-state index contributed by atoms with van der Waals surface area (Å²) in [6, 6.07) is 1.97. The molecular formula is C11H16N2O4. The van der Waals surface area contributed by atoms with Gasteiger partial charge in [0, 0.05) is 18.3 Å². The summed E-state index contributed by atoms with van der Waals surface area (Å²) in [6.45, 7) is 1.89. The smallest absolute Gasteiger partial charge is 0.327 e. The second-order valence-corrected chi connectivity index (χ2v) is 2.73. The van der Waals surface area contributed by atoms with Crippen molar-refractivity contribution < 1.29 is 19.4 Å². The van der Waals surface area contributed by atoms with E-state index in [0.29, 0.717) is 11.9 Å². The molecule has 0 amide bonds. The fourth-order valence-electron chi connectivity index (χ4n) is 0.756. The number of carbonyl (C=O) groups is 1. The van der Waals surface area contributed by atoms with E-state index in [1.165, 1.54) is 7.11 Å². The van der Waals surface area contributed by atoms with Gasteiger partial charge in [-0.3, -0.25) is 0 Å². The number of aromatic nitrogens is 2. The quantitative estimate of drug-likeness (QED) is 0.804. The molecule has 0 spiro atoms. The molecule has 1 heterocycles. The highest BCUT2D eigenvalue weighted by Crippen LogP contribution is 2.07. The van der Waals surface area contributed by atoms with Gasteiger partial charge in [0.25, 0.3) is 0 Å². The minimum Gasteiger partial charge on any atom is -0.481 e. The van der Waals surface area contributed by atoms with Gasteiger partial charge in [0.1, 0.15) is 0 Å². The maximum atomic E-state index is 9.67. The lowest BCUT2D eigenvalue weighted by Gasteiger charge is -1.98. The number of allylic oxidation sites excluding steroid dienone is 1. The Kier molecular flexibility index (Phi) is 8.01. The van der Waals surface area contributed by atoms with Crippen LogP contribution in [0.3, 0.4) is 0 Å². The number of methoxy groups -OCH3 is 2. The molecule has 17 heavy (non-hydrogen) atoms. The number of nitrogens with zero attached hydrogens (tertiary/aromatic N) is 2.